The maximum absolute atomic E-state index is 11.0. The van der Waals surface area contributed by atoms with Crippen molar-refractivity contribution in [3.63, 3.8) is 0 Å². The van der Waals surface area contributed by atoms with Gasteiger partial charge in [0.05, 0.1) is 0 Å². The summed E-state index contributed by atoms with van der Waals surface area (Å²) < 4.78 is 7.97. The van der Waals surface area contributed by atoms with Crippen LogP contribution in [-0.4, -0.2) is 26.8 Å². The normalized spacial score (nSPS) is 12.5. The average Bonchev–Trinajstić information content (AvgIpc) is 2.26. The van der Waals surface area contributed by atoms with Gasteiger partial charge in [-0.1, -0.05) is 11.8 Å². The highest BCUT2D eigenvalue weighted by atomic mass is 127. The number of alkyl halides is 2. The molecule has 7 heteroatoms. The van der Waals surface area contributed by atoms with Gasteiger partial charge in [0.15, 0.2) is 0 Å². The predicted octanol–water partition coefficient (Wildman–Crippen LogP) is 1.04. The van der Waals surface area contributed by atoms with E-state index in [1.54, 1.807) is 45.2 Å². The van der Waals surface area contributed by atoms with Crippen LogP contribution in [0, 0.1) is 24.7 Å². The molecule has 16 heavy (non-hydrogen) atoms. The van der Waals surface area contributed by atoms with Gasteiger partial charge in [0.25, 0.3) is 0 Å². The minimum absolute atomic E-state index is 0.325. The summed E-state index contributed by atoms with van der Waals surface area (Å²) in [4.78, 5) is 22.0. The summed E-state index contributed by atoms with van der Waals surface area (Å²) in [7, 11) is 0. The number of nitrogens with one attached hydrogen (secondary N) is 1. The molecule has 5 nitrogen and oxygen atoms in total. The minimum Gasteiger partial charge on any atom is -0.438 e. The van der Waals surface area contributed by atoms with Crippen LogP contribution in [0.25, 0.3) is 0 Å². The van der Waals surface area contributed by atoms with E-state index in [9.17, 15) is 9.59 Å². The topological polar surface area (TPSA) is 64.6 Å². The third-order valence-electron chi connectivity index (χ3n) is 1.08. The molecule has 0 aromatic carbocycles. The second-order valence-electron chi connectivity index (χ2n) is 2.21. The first-order valence-electron chi connectivity index (χ1n) is 3.84. The Morgan fingerprint density at radius 2 is 1.69 bits per heavy atom. The van der Waals surface area contributed by atoms with Crippen molar-refractivity contribution in [2.45, 2.75) is 8.22 Å². The van der Waals surface area contributed by atoms with Gasteiger partial charge in [0.2, 0.25) is 8.22 Å². The second-order valence-corrected chi connectivity index (χ2v) is 4.48. The van der Waals surface area contributed by atoms with Gasteiger partial charge in [-0.25, -0.2) is 4.79 Å². The summed E-state index contributed by atoms with van der Waals surface area (Å²) in [5.74, 6) is 3.73. The highest BCUT2D eigenvalue weighted by molar-refractivity contribution is 14.1. The lowest BCUT2D eigenvalue weighted by Gasteiger charge is -2.08. The Morgan fingerprint density at radius 1 is 1.19 bits per heavy atom. The molecule has 0 heterocycles. The third-order valence-corrected chi connectivity index (χ3v) is 2.31. The van der Waals surface area contributed by atoms with Gasteiger partial charge in [0, 0.05) is 0 Å². The molecule has 1 amide bonds. The molecule has 2 atom stereocenters. The van der Waals surface area contributed by atoms with Crippen LogP contribution in [0.4, 0.5) is 4.79 Å². The van der Waals surface area contributed by atoms with Crippen molar-refractivity contribution in [2.24, 2.45) is 0 Å². The van der Waals surface area contributed by atoms with Crippen LogP contribution < -0.4 is 5.32 Å². The fourth-order valence-corrected chi connectivity index (χ4v) is 1.02. The number of hydrogen-bond acceptors (Lipinski definition) is 4. The van der Waals surface area contributed by atoms with E-state index in [0.29, 0.717) is 0 Å². The largest absolute Gasteiger partial charge is 0.438 e. The number of rotatable bonds is 4. The number of alkyl carbamates (subject to hydrolysis) is 1. The maximum atomic E-state index is 11.0. The molecule has 0 bridgehead atoms. The Labute approximate surface area is 120 Å². The van der Waals surface area contributed by atoms with Crippen LogP contribution in [0.15, 0.2) is 0 Å². The van der Waals surface area contributed by atoms with Crippen LogP contribution in [-0.2, 0) is 14.3 Å². The number of carbonyl (C=O) groups is 2. The fraction of sp³-hybridized carbons (Fsp3) is 0.333. The maximum Gasteiger partial charge on any atom is 0.409 e. The molecular formula is C9H7I2NO4. The van der Waals surface area contributed by atoms with Crippen molar-refractivity contribution in [1.29, 1.82) is 0 Å². The first-order valence-corrected chi connectivity index (χ1v) is 6.33. The number of amides is 1. The van der Waals surface area contributed by atoms with E-state index in [0.717, 1.165) is 0 Å². The minimum atomic E-state index is -0.792. The highest BCUT2D eigenvalue weighted by Crippen LogP contribution is 2.01. The van der Waals surface area contributed by atoms with E-state index in [-0.39, 0.29) is 6.54 Å². The quantitative estimate of drug-likeness (QED) is 0.303. The average molecular weight is 447 g/mol. The Kier molecular flexibility index (Phi) is 8.11. The summed E-state index contributed by atoms with van der Waals surface area (Å²) >= 11 is 3.49. The number of halogens is 2. The summed E-state index contributed by atoms with van der Waals surface area (Å²) in [6.07, 6.45) is 9.18. The van der Waals surface area contributed by atoms with E-state index in [1.807, 2.05) is 0 Å². The predicted molar refractivity (Wildman–Crippen MR) is 73.9 cm³/mol. The van der Waals surface area contributed by atoms with Crippen molar-refractivity contribution < 1.29 is 19.1 Å². The lowest BCUT2D eigenvalue weighted by molar-refractivity contribution is -0.141. The molecule has 0 aliphatic rings. The summed E-state index contributed by atoms with van der Waals surface area (Å²) in [6, 6.07) is 0. The van der Waals surface area contributed by atoms with Crippen LogP contribution in [0.2, 0.25) is 0 Å². The van der Waals surface area contributed by atoms with Crippen molar-refractivity contribution in [1.82, 2.24) is 5.32 Å². The van der Waals surface area contributed by atoms with Crippen LogP contribution >= 0.6 is 45.2 Å². The third kappa shape index (κ3) is 7.59. The van der Waals surface area contributed by atoms with Gasteiger partial charge in [-0.3, -0.25) is 4.79 Å². The fourth-order valence-electron chi connectivity index (χ4n) is 0.505. The van der Waals surface area contributed by atoms with Crippen LogP contribution in [0.3, 0.4) is 0 Å². The lowest BCUT2D eigenvalue weighted by Crippen LogP contribution is -2.33. The van der Waals surface area contributed by atoms with Gasteiger partial charge in [-0.05, 0) is 45.2 Å². The number of terminal acetylenes is 2. The van der Waals surface area contributed by atoms with Gasteiger partial charge in [0.1, 0.15) is 6.54 Å². The SMILES string of the molecule is C#CC(I)OC(=O)CNC(=O)OC(I)C#C. The van der Waals surface area contributed by atoms with E-state index in [4.69, 9.17) is 12.8 Å². The zero-order valence-electron chi connectivity index (χ0n) is 7.91. The van der Waals surface area contributed by atoms with Gasteiger partial charge in [-0.2, -0.15) is 0 Å². The Balaban J connectivity index is 3.81. The molecule has 2 unspecified atom stereocenters. The number of ether oxygens (including phenoxy) is 2. The summed E-state index contributed by atoms with van der Waals surface area (Å²) in [5.41, 5.74) is 0. The molecule has 0 aromatic heterocycles. The van der Waals surface area contributed by atoms with Gasteiger partial charge >= 0.3 is 12.1 Å². The zero-order chi connectivity index (χ0) is 12.6. The Hall–Kier alpha value is -0.680. The molecule has 0 aromatic rings. The zero-order valence-corrected chi connectivity index (χ0v) is 12.2. The summed E-state index contributed by atoms with van der Waals surface area (Å²) in [6.45, 7) is -0.325. The van der Waals surface area contributed by atoms with E-state index < -0.39 is 20.3 Å². The lowest BCUT2D eigenvalue weighted by atomic mass is 10.6. The number of esters is 1. The van der Waals surface area contributed by atoms with Crippen LogP contribution in [0.1, 0.15) is 0 Å². The molecule has 0 aliphatic carbocycles. The first kappa shape index (κ1) is 15.3. The van der Waals surface area contributed by atoms with Gasteiger partial charge in [-0.15, -0.1) is 12.8 Å². The Morgan fingerprint density at radius 3 is 2.19 bits per heavy atom. The molecule has 0 radical (unpaired) electrons. The smallest absolute Gasteiger partial charge is 0.409 e. The molecule has 0 aliphatic heterocycles. The van der Waals surface area contributed by atoms with Crippen LogP contribution in [0.5, 0.6) is 0 Å². The molecule has 0 saturated heterocycles. The summed E-state index contributed by atoms with van der Waals surface area (Å²) in [5, 5.41) is 2.17. The van der Waals surface area contributed by atoms with Gasteiger partial charge < -0.3 is 14.8 Å². The highest BCUT2D eigenvalue weighted by Gasteiger charge is 2.12. The Bertz CT molecular complexity index is 310. The molecule has 1 N–H and O–H groups in total. The van der Waals surface area contributed by atoms with E-state index >= 15 is 0 Å². The van der Waals surface area contributed by atoms with Crippen molar-refractivity contribution in [2.75, 3.05) is 6.54 Å². The number of carbonyl (C=O) groups excluding carboxylic acids is 2. The first-order chi connectivity index (χ1) is 7.49. The monoisotopic (exact) mass is 447 g/mol. The van der Waals surface area contributed by atoms with Crippen molar-refractivity contribution >= 4 is 57.2 Å². The van der Waals surface area contributed by atoms with Crippen molar-refractivity contribution in [3.05, 3.63) is 0 Å². The van der Waals surface area contributed by atoms with Crippen molar-refractivity contribution in [3.8, 4) is 24.7 Å². The standard InChI is InChI=1S/C9H7I2NO4/c1-3-6(10)15-8(13)5-12-9(14)16-7(11)4-2/h1-2,6-7H,5H2,(H,12,14). The molecule has 0 spiro atoms. The molecule has 0 rings (SSSR count). The molecule has 0 saturated carbocycles. The molecule has 0 fully saturated rings. The van der Waals surface area contributed by atoms with E-state index in [2.05, 4.69) is 26.6 Å². The molecular weight excluding hydrogens is 440 g/mol. The second kappa shape index (κ2) is 8.47. The molecule has 86 valence electrons. The van der Waals surface area contributed by atoms with E-state index in [1.165, 1.54) is 0 Å². The number of hydrogen-bond donors (Lipinski definition) is 1.